The van der Waals surface area contributed by atoms with Crippen molar-refractivity contribution in [3.63, 3.8) is 0 Å². The van der Waals surface area contributed by atoms with Gasteiger partial charge in [-0.05, 0) is 36.4 Å². The van der Waals surface area contributed by atoms with Crippen LogP contribution in [0.25, 0.3) is 21.8 Å². The molecule has 0 fully saturated rings. The van der Waals surface area contributed by atoms with E-state index in [-0.39, 0.29) is 10.8 Å². The van der Waals surface area contributed by atoms with Crippen LogP contribution in [0, 0.1) is 0 Å². The Hall–Kier alpha value is -2.18. The SMILES string of the molecule is CC.FC(F)(F)c1ccc2[nH]c3ccc(C(F)(F)F)cc3c2c1. The van der Waals surface area contributed by atoms with E-state index in [9.17, 15) is 26.3 Å². The van der Waals surface area contributed by atoms with Gasteiger partial charge in [-0.2, -0.15) is 26.3 Å². The van der Waals surface area contributed by atoms with Crippen molar-refractivity contribution in [3.8, 4) is 0 Å². The molecule has 0 aliphatic carbocycles. The Bertz CT molecular complexity index is 758. The minimum Gasteiger partial charge on any atom is -0.355 e. The average molecular weight is 333 g/mol. The van der Waals surface area contributed by atoms with E-state index < -0.39 is 23.5 Å². The maximum Gasteiger partial charge on any atom is 0.416 e. The summed E-state index contributed by atoms with van der Waals surface area (Å²) in [6.07, 6.45) is -9.08. The van der Waals surface area contributed by atoms with E-state index >= 15 is 0 Å². The Labute approximate surface area is 127 Å². The van der Waals surface area contributed by atoms with E-state index in [1.807, 2.05) is 13.8 Å². The van der Waals surface area contributed by atoms with E-state index in [1.54, 1.807) is 0 Å². The van der Waals surface area contributed by atoms with Gasteiger partial charge in [0.05, 0.1) is 11.1 Å². The first-order chi connectivity index (χ1) is 10.7. The number of H-pyrrole nitrogens is 1. The fraction of sp³-hybridized carbons (Fsp3) is 0.250. The third-order valence-corrected chi connectivity index (χ3v) is 3.25. The van der Waals surface area contributed by atoms with Gasteiger partial charge in [-0.25, -0.2) is 0 Å². The second kappa shape index (κ2) is 5.79. The molecule has 0 bridgehead atoms. The van der Waals surface area contributed by atoms with Crippen LogP contribution in [-0.2, 0) is 12.4 Å². The highest BCUT2D eigenvalue weighted by atomic mass is 19.4. The predicted molar refractivity (Wildman–Crippen MR) is 77.2 cm³/mol. The lowest BCUT2D eigenvalue weighted by Gasteiger charge is -2.07. The first-order valence-corrected chi connectivity index (χ1v) is 6.86. The van der Waals surface area contributed by atoms with E-state index in [2.05, 4.69) is 4.98 Å². The molecule has 0 aliphatic rings. The number of aromatic nitrogens is 1. The van der Waals surface area contributed by atoms with Gasteiger partial charge in [0, 0.05) is 21.8 Å². The summed E-state index contributed by atoms with van der Waals surface area (Å²) in [6, 6.07) is 5.92. The van der Waals surface area contributed by atoms with Crippen molar-refractivity contribution < 1.29 is 26.3 Å². The number of hydrogen-bond donors (Lipinski definition) is 1. The fourth-order valence-electron chi connectivity index (χ4n) is 2.25. The zero-order valence-electron chi connectivity index (χ0n) is 12.2. The van der Waals surface area contributed by atoms with Gasteiger partial charge in [0.2, 0.25) is 0 Å². The fourth-order valence-corrected chi connectivity index (χ4v) is 2.25. The Morgan fingerprint density at radius 3 is 1.30 bits per heavy atom. The van der Waals surface area contributed by atoms with Crippen LogP contribution < -0.4 is 0 Å². The highest BCUT2D eigenvalue weighted by Crippen LogP contribution is 2.36. The molecular weight excluding hydrogens is 320 g/mol. The monoisotopic (exact) mass is 333 g/mol. The van der Waals surface area contributed by atoms with Crippen molar-refractivity contribution in [2.45, 2.75) is 26.2 Å². The summed E-state index contributed by atoms with van der Waals surface area (Å²) < 4.78 is 76.2. The molecule has 0 amide bonds. The summed E-state index contributed by atoms with van der Waals surface area (Å²) >= 11 is 0. The number of halogens is 6. The Balaban J connectivity index is 0.000000924. The lowest BCUT2D eigenvalue weighted by molar-refractivity contribution is -0.138. The molecule has 7 heteroatoms. The van der Waals surface area contributed by atoms with Crippen LogP contribution in [0.5, 0.6) is 0 Å². The second-order valence-corrected chi connectivity index (χ2v) is 4.64. The summed E-state index contributed by atoms with van der Waals surface area (Å²) in [5.41, 5.74) is -1.07. The smallest absolute Gasteiger partial charge is 0.355 e. The highest BCUT2D eigenvalue weighted by Gasteiger charge is 2.32. The molecule has 2 aromatic carbocycles. The molecule has 124 valence electrons. The number of alkyl halides is 6. The van der Waals surface area contributed by atoms with Crippen LogP contribution in [0.1, 0.15) is 25.0 Å². The molecule has 0 atom stereocenters. The average Bonchev–Trinajstić information content (AvgIpc) is 2.84. The van der Waals surface area contributed by atoms with Crippen LogP contribution >= 0.6 is 0 Å². The molecule has 0 radical (unpaired) electrons. The van der Waals surface area contributed by atoms with Gasteiger partial charge in [0.15, 0.2) is 0 Å². The number of nitrogens with one attached hydrogen (secondary N) is 1. The van der Waals surface area contributed by atoms with Crippen LogP contribution in [0.2, 0.25) is 0 Å². The lowest BCUT2D eigenvalue weighted by Crippen LogP contribution is -2.04. The number of rotatable bonds is 0. The van der Waals surface area contributed by atoms with Gasteiger partial charge in [0.1, 0.15) is 0 Å². The quantitative estimate of drug-likeness (QED) is 0.459. The second-order valence-electron chi connectivity index (χ2n) is 4.64. The van der Waals surface area contributed by atoms with Gasteiger partial charge >= 0.3 is 12.4 Å². The van der Waals surface area contributed by atoms with Crippen molar-refractivity contribution in [1.82, 2.24) is 4.98 Å². The first kappa shape index (κ1) is 17.2. The van der Waals surface area contributed by atoms with E-state index in [1.165, 1.54) is 12.1 Å². The Morgan fingerprint density at radius 1 is 0.652 bits per heavy atom. The molecule has 23 heavy (non-hydrogen) atoms. The molecule has 1 aromatic heterocycles. The van der Waals surface area contributed by atoms with Crippen molar-refractivity contribution in [2.24, 2.45) is 0 Å². The molecule has 0 spiro atoms. The summed E-state index contributed by atoms with van der Waals surface area (Å²) in [7, 11) is 0. The number of aromatic amines is 1. The lowest BCUT2D eigenvalue weighted by atomic mass is 10.1. The zero-order valence-corrected chi connectivity index (χ0v) is 12.2. The molecule has 1 N–H and O–H groups in total. The van der Waals surface area contributed by atoms with Gasteiger partial charge < -0.3 is 4.98 Å². The van der Waals surface area contributed by atoms with Gasteiger partial charge in [-0.3, -0.25) is 0 Å². The minimum absolute atomic E-state index is 0.117. The molecule has 0 unspecified atom stereocenters. The number of benzene rings is 2. The molecule has 3 rings (SSSR count). The maximum absolute atomic E-state index is 12.7. The van der Waals surface area contributed by atoms with Gasteiger partial charge in [0.25, 0.3) is 0 Å². The summed E-state index contributed by atoms with van der Waals surface area (Å²) in [4.78, 5) is 2.80. The topological polar surface area (TPSA) is 15.8 Å². The predicted octanol–water partition coefficient (Wildman–Crippen LogP) is 6.38. The molecule has 1 heterocycles. The minimum atomic E-state index is -4.54. The molecule has 3 aromatic rings. The van der Waals surface area contributed by atoms with Crippen LogP contribution in [0.15, 0.2) is 36.4 Å². The maximum atomic E-state index is 12.7. The van der Waals surface area contributed by atoms with Crippen LogP contribution in [0.4, 0.5) is 26.3 Å². The summed E-state index contributed by atoms with van der Waals surface area (Å²) in [5, 5.41) is 0.233. The highest BCUT2D eigenvalue weighted by molar-refractivity contribution is 6.07. The number of fused-ring (bicyclic) bond motifs is 3. The van der Waals surface area contributed by atoms with Crippen molar-refractivity contribution >= 4 is 21.8 Å². The van der Waals surface area contributed by atoms with Crippen molar-refractivity contribution in [2.75, 3.05) is 0 Å². The Kier molecular flexibility index (Phi) is 4.32. The largest absolute Gasteiger partial charge is 0.416 e. The zero-order chi connectivity index (χ0) is 17.4. The Morgan fingerprint density at radius 2 is 1.00 bits per heavy atom. The molecule has 0 aliphatic heterocycles. The number of hydrogen-bond acceptors (Lipinski definition) is 0. The van der Waals surface area contributed by atoms with Gasteiger partial charge in [-0.1, -0.05) is 13.8 Å². The van der Waals surface area contributed by atoms with Crippen LogP contribution in [-0.4, -0.2) is 4.98 Å². The van der Waals surface area contributed by atoms with Crippen molar-refractivity contribution in [1.29, 1.82) is 0 Å². The first-order valence-electron chi connectivity index (χ1n) is 6.86. The normalized spacial score (nSPS) is 12.3. The van der Waals surface area contributed by atoms with E-state index in [0.717, 1.165) is 24.3 Å². The van der Waals surface area contributed by atoms with E-state index in [0.29, 0.717) is 11.0 Å². The van der Waals surface area contributed by atoms with Gasteiger partial charge in [-0.15, -0.1) is 0 Å². The standard InChI is InChI=1S/C14H7F6N.C2H6/c15-13(16,17)7-1-3-11-9(5-7)10-6-8(14(18,19)20)2-4-12(10)21-11;1-2/h1-6,21H;1-2H3. The molecule has 1 nitrogen and oxygen atoms in total. The molecule has 0 saturated heterocycles. The van der Waals surface area contributed by atoms with E-state index in [4.69, 9.17) is 0 Å². The molecular formula is C16H13F6N. The summed E-state index contributed by atoms with van der Waals surface area (Å²) in [5.74, 6) is 0. The van der Waals surface area contributed by atoms with Crippen molar-refractivity contribution in [3.05, 3.63) is 47.5 Å². The third-order valence-electron chi connectivity index (χ3n) is 3.25. The molecule has 0 saturated carbocycles. The summed E-state index contributed by atoms with van der Waals surface area (Å²) in [6.45, 7) is 4.00. The van der Waals surface area contributed by atoms with Crippen LogP contribution in [0.3, 0.4) is 0 Å². The third kappa shape index (κ3) is 3.28.